The average molecular weight is 433 g/mol. The zero-order valence-electron chi connectivity index (χ0n) is 18.8. The van der Waals surface area contributed by atoms with Gasteiger partial charge in [-0.15, -0.1) is 0 Å². The van der Waals surface area contributed by atoms with E-state index in [9.17, 15) is 14.4 Å². The van der Waals surface area contributed by atoms with Gasteiger partial charge in [0.2, 0.25) is 11.8 Å². The van der Waals surface area contributed by atoms with Crippen molar-refractivity contribution < 1.29 is 14.4 Å². The van der Waals surface area contributed by atoms with Crippen molar-refractivity contribution in [3.8, 4) is 0 Å². The Bertz CT molecular complexity index is 970. The number of hydrogen-bond acceptors (Lipinski definition) is 3. The highest BCUT2D eigenvalue weighted by molar-refractivity contribution is 5.98. The fourth-order valence-corrected chi connectivity index (χ4v) is 5.04. The molecular formula is C27H32N2O3. The molecule has 2 aliphatic rings. The third kappa shape index (κ3) is 5.26. The van der Waals surface area contributed by atoms with Crippen LogP contribution in [0.1, 0.15) is 60.0 Å². The summed E-state index contributed by atoms with van der Waals surface area (Å²) in [4.78, 5) is 39.9. The van der Waals surface area contributed by atoms with Crippen molar-refractivity contribution in [1.29, 1.82) is 0 Å². The normalized spacial score (nSPS) is 23.1. The number of ketones is 1. The van der Waals surface area contributed by atoms with Crippen LogP contribution in [0.15, 0.2) is 54.6 Å². The summed E-state index contributed by atoms with van der Waals surface area (Å²) in [6, 6.07) is 17.7. The molecule has 1 N–H and O–H groups in total. The van der Waals surface area contributed by atoms with Crippen molar-refractivity contribution >= 4 is 17.6 Å². The maximum Gasteiger partial charge on any atom is 0.222 e. The summed E-state index contributed by atoms with van der Waals surface area (Å²) in [5, 5.41) is 3.17. The second-order valence-electron chi connectivity index (χ2n) is 9.40. The molecular weight excluding hydrogens is 400 g/mol. The number of carbonyl (C=O) groups excluding carboxylic acids is 3. The molecule has 2 heterocycles. The van der Waals surface area contributed by atoms with Crippen molar-refractivity contribution in [1.82, 2.24) is 10.2 Å². The number of Topliss-reactive ketones (excluding diaryl/α,β-unsaturated/α-hetero) is 1. The highest BCUT2D eigenvalue weighted by Crippen LogP contribution is 2.30. The third-order valence-corrected chi connectivity index (χ3v) is 6.92. The molecule has 0 unspecified atom stereocenters. The van der Waals surface area contributed by atoms with Crippen LogP contribution in [-0.4, -0.2) is 41.1 Å². The fourth-order valence-electron chi connectivity index (χ4n) is 5.04. The molecule has 0 aromatic heterocycles. The van der Waals surface area contributed by atoms with E-state index in [1.54, 1.807) is 0 Å². The number of likely N-dealkylation sites (tertiary alicyclic amines) is 1. The van der Waals surface area contributed by atoms with Crippen molar-refractivity contribution in [3.05, 3.63) is 71.3 Å². The fraction of sp³-hybridized carbons (Fsp3) is 0.444. The Morgan fingerprint density at radius 1 is 1.09 bits per heavy atom. The number of nitrogens with one attached hydrogen (secondary N) is 1. The molecule has 0 aliphatic carbocycles. The van der Waals surface area contributed by atoms with E-state index in [2.05, 4.69) is 36.5 Å². The first kappa shape index (κ1) is 22.3. The lowest BCUT2D eigenvalue weighted by Crippen LogP contribution is -2.46. The Morgan fingerprint density at radius 2 is 1.84 bits per heavy atom. The number of benzene rings is 2. The van der Waals surface area contributed by atoms with Crippen LogP contribution in [0, 0.1) is 12.8 Å². The summed E-state index contributed by atoms with van der Waals surface area (Å²) in [5.41, 5.74) is 2.74. The molecule has 0 spiro atoms. The van der Waals surface area contributed by atoms with Crippen LogP contribution in [0.4, 0.5) is 0 Å². The topological polar surface area (TPSA) is 66.5 Å². The molecule has 5 heteroatoms. The number of aryl methyl sites for hydroxylation is 1. The van der Waals surface area contributed by atoms with Gasteiger partial charge < -0.3 is 10.2 Å². The number of amides is 2. The maximum atomic E-state index is 13.1. The van der Waals surface area contributed by atoms with Gasteiger partial charge in [0.05, 0.1) is 0 Å². The Morgan fingerprint density at radius 3 is 2.53 bits per heavy atom. The summed E-state index contributed by atoms with van der Waals surface area (Å²) in [6.45, 7) is 3.25. The molecule has 168 valence electrons. The van der Waals surface area contributed by atoms with Crippen LogP contribution in [0.25, 0.3) is 0 Å². The minimum Gasteiger partial charge on any atom is -0.350 e. The van der Waals surface area contributed by atoms with Gasteiger partial charge in [-0.1, -0.05) is 60.2 Å². The van der Waals surface area contributed by atoms with Gasteiger partial charge in [0.15, 0.2) is 5.78 Å². The first-order chi connectivity index (χ1) is 15.4. The largest absolute Gasteiger partial charge is 0.350 e. The lowest BCUT2D eigenvalue weighted by Gasteiger charge is -2.34. The number of rotatable bonds is 7. The van der Waals surface area contributed by atoms with Crippen LogP contribution in [0.2, 0.25) is 0 Å². The van der Waals surface area contributed by atoms with Gasteiger partial charge in [-0.3, -0.25) is 14.4 Å². The monoisotopic (exact) mass is 432 g/mol. The van der Waals surface area contributed by atoms with Gasteiger partial charge in [0, 0.05) is 43.0 Å². The van der Waals surface area contributed by atoms with Crippen LogP contribution < -0.4 is 5.32 Å². The van der Waals surface area contributed by atoms with E-state index in [1.165, 1.54) is 11.1 Å². The first-order valence-electron chi connectivity index (χ1n) is 11.7. The van der Waals surface area contributed by atoms with Gasteiger partial charge in [0.25, 0.3) is 0 Å². The van der Waals surface area contributed by atoms with Gasteiger partial charge >= 0.3 is 0 Å². The molecule has 32 heavy (non-hydrogen) atoms. The summed E-state index contributed by atoms with van der Waals surface area (Å²) in [7, 11) is 0. The zero-order chi connectivity index (χ0) is 22.6. The predicted octanol–water partition coefficient (Wildman–Crippen LogP) is 4.09. The summed E-state index contributed by atoms with van der Waals surface area (Å²) >= 11 is 0. The summed E-state index contributed by atoms with van der Waals surface area (Å²) in [5.74, 6) is 0.140. The molecule has 2 atom stereocenters. The van der Waals surface area contributed by atoms with Crippen molar-refractivity contribution in [2.45, 2.75) is 57.4 Å². The van der Waals surface area contributed by atoms with Gasteiger partial charge in [-0.05, 0) is 44.6 Å². The van der Waals surface area contributed by atoms with Crippen LogP contribution in [-0.2, 0) is 16.0 Å². The number of carbonyl (C=O) groups is 3. The second kappa shape index (κ2) is 9.68. The molecule has 2 aliphatic heterocycles. The average Bonchev–Trinajstić information content (AvgIpc) is 3.19. The lowest BCUT2D eigenvalue weighted by molar-refractivity contribution is -0.133. The Hall–Kier alpha value is -2.95. The van der Waals surface area contributed by atoms with Crippen LogP contribution in [0.5, 0.6) is 0 Å². The highest BCUT2D eigenvalue weighted by atomic mass is 16.2. The molecule has 0 bridgehead atoms. The minimum atomic E-state index is -0.364. The third-order valence-electron chi connectivity index (χ3n) is 6.92. The molecule has 0 radical (unpaired) electrons. The van der Waals surface area contributed by atoms with E-state index < -0.39 is 0 Å². The quantitative estimate of drug-likeness (QED) is 0.670. The number of piperidine rings is 1. The van der Waals surface area contributed by atoms with Crippen LogP contribution in [0.3, 0.4) is 0 Å². The van der Waals surface area contributed by atoms with E-state index in [0.717, 1.165) is 31.2 Å². The van der Waals surface area contributed by atoms with E-state index in [0.29, 0.717) is 32.4 Å². The van der Waals surface area contributed by atoms with E-state index >= 15 is 0 Å². The second-order valence-corrected chi connectivity index (χ2v) is 9.40. The van der Waals surface area contributed by atoms with Crippen molar-refractivity contribution in [2.24, 2.45) is 5.92 Å². The van der Waals surface area contributed by atoms with Crippen molar-refractivity contribution in [3.63, 3.8) is 0 Å². The molecule has 2 saturated heterocycles. The molecule has 5 nitrogen and oxygen atoms in total. The Balaban J connectivity index is 1.38. The number of hydrogen-bond donors (Lipinski definition) is 1. The lowest BCUT2D eigenvalue weighted by atomic mass is 9.84. The van der Waals surface area contributed by atoms with Gasteiger partial charge in [-0.25, -0.2) is 0 Å². The maximum absolute atomic E-state index is 13.1. The standard InChI is InChI=1S/C27H32N2O3/c1-20-9-11-21(12-10-20)18-27(15-13-24(30)28-27)16-14-25(31)29-17-5-8-23(19-29)26(32)22-6-3-2-4-7-22/h2-4,6-7,9-12,23H,5,8,13-19H2,1H3,(H,28,30)/t23-,27-/m1/s1. The zero-order valence-corrected chi connectivity index (χ0v) is 18.8. The van der Waals surface area contributed by atoms with Crippen molar-refractivity contribution in [2.75, 3.05) is 13.1 Å². The van der Waals surface area contributed by atoms with Crippen LogP contribution >= 0.6 is 0 Å². The Labute approximate surface area is 190 Å². The number of nitrogens with zero attached hydrogens (tertiary/aromatic N) is 1. The van der Waals surface area contributed by atoms with Gasteiger partial charge in [-0.2, -0.15) is 0 Å². The van der Waals surface area contributed by atoms with E-state index in [4.69, 9.17) is 0 Å². The molecule has 0 saturated carbocycles. The van der Waals surface area contributed by atoms with Gasteiger partial charge in [0.1, 0.15) is 0 Å². The molecule has 2 aromatic carbocycles. The molecule has 4 rings (SSSR count). The first-order valence-corrected chi connectivity index (χ1v) is 11.7. The molecule has 2 fully saturated rings. The van der Waals surface area contributed by atoms with E-state index in [1.807, 2.05) is 35.2 Å². The highest BCUT2D eigenvalue weighted by Gasteiger charge is 2.38. The Kier molecular flexibility index (Phi) is 6.73. The SMILES string of the molecule is Cc1ccc(C[C@]2(CCC(=O)N3CCC[C@@H](C(=O)c4ccccc4)C3)CCC(=O)N2)cc1. The van der Waals surface area contributed by atoms with E-state index in [-0.39, 0.29) is 29.1 Å². The molecule has 2 amide bonds. The molecule has 2 aromatic rings. The summed E-state index contributed by atoms with van der Waals surface area (Å²) in [6.07, 6.45) is 4.68. The minimum absolute atomic E-state index is 0.0658. The summed E-state index contributed by atoms with van der Waals surface area (Å²) < 4.78 is 0. The predicted molar refractivity (Wildman–Crippen MR) is 124 cm³/mol. The smallest absolute Gasteiger partial charge is 0.222 e.